The predicted molar refractivity (Wildman–Crippen MR) is 98.6 cm³/mol. The predicted octanol–water partition coefficient (Wildman–Crippen LogP) is 1.66. The van der Waals surface area contributed by atoms with Crippen molar-refractivity contribution < 1.29 is 29.9 Å². The SMILES string of the molecule is C[C@]1(O)OCCc2cccc(c2)C(O)COCc2cc1c(CO)cc2CO. The summed E-state index contributed by atoms with van der Waals surface area (Å²) in [5, 5.41) is 40.6. The Bertz CT molecular complexity index is 786. The fourth-order valence-corrected chi connectivity index (χ4v) is 3.36. The van der Waals surface area contributed by atoms with Gasteiger partial charge >= 0.3 is 0 Å². The standard InChI is InChI=1S/C21H26O6/c1-21(25)19-9-18(16(10-22)8-17(19)11-23)12-26-13-20(24)15-4-2-3-14(7-15)5-6-27-21/h2-4,7-9,20,22-25H,5-6,10-13H2,1H3/t20?,21-/m0/s1. The number of hydrogen-bond acceptors (Lipinski definition) is 6. The van der Waals surface area contributed by atoms with E-state index >= 15 is 0 Å². The van der Waals surface area contributed by atoms with Gasteiger partial charge in [0, 0.05) is 5.56 Å². The highest BCUT2D eigenvalue weighted by atomic mass is 16.6. The molecule has 1 heterocycles. The maximum absolute atomic E-state index is 10.9. The third kappa shape index (κ3) is 4.55. The summed E-state index contributed by atoms with van der Waals surface area (Å²) in [6, 6.07) is 10.9. The van der Waals surface area contributed by atoms with Crippen molar-refractivity contribution in [1.82, 2.24) is 0 Å². The van der Waals surface area contributed by atoms with E-state index in [4.69, 9.17) is 9.47 Å². The van der Waals surface area contributed by atoms with Gasteiger partial charge in [0.05, 0.1) is 33.0 Å². The number of fused-ring (bicyclic) bond motifs is 4. The van der Waals surface area contributed by atoms with Gasteiger partial charge in [-0.3, -0.25) is 0 Å². The summed E-state index contributed by atoms with van der Waals surface area (Å²) in [5.41, 5.74) is 3.94. The van der Waals surface area contributed by atoms with Crippen LogP contribution in [0.5, 0.6) is 0 Å². The van der Waals surface area contributed by atoms with Gasteiger partial charge in [0.2, 0.25) is 0 Å². The highest BCUT2D eigenvalue weighted by Crippen LogP contribution is 2.30. The summed E-state index contributed by atoms with van der Waals surface area (Å²) >= 11 is 0. The van der Waals surface area contributed by atoms with Gasteiger partial charge in [0.1, 0.15) is 6.10 Å². The average Bonchev–Trinajstić information content (AvgIpc) is 2.67. The lowest BCUT2D eigenvalue weighted by Crippen LogP contribution is -2.28. The van der Waals surface area contributed by atoms with Crippen LogP contribution in [0.1, 0.15) is 46.4 Å². The van der Waals surface area contributed by atoms with Gasteiger partial charge in [-0.25, -0.2) is 0 Å². The summed E-state index contributed by atoms with van der Waals surface area (Å²) in [6.45, 7) is 1.56. The summed E-state index contributed by atoms with van der Waals surface area (Å²) in [7, 11) is 0. The molecule has 3 rings (SSSR count). The number of rotatable bonds is 2. The molecule has 0 amide bonds. The first kappa shape index (κ1) is 19.9. The quantitative estimate of drug-likeness (QED) is 0.638. The number of ether oxygens (including phenoxy) is 2. The Hall–Kier alpha value is -1.80. The van der Waals surface area contributed by atoms with E-state index in [9.17, 15) is 20.4 Å². The molecular formula is C21H26O6. The van der Waals surface area contributed by atoms with Gasteiger partial charge in [0.15, 0.2) is 5.79 Å². The molecular weight excluding hydrogens is 348 g/mol. The molecule has 6 nitrogen and oxygen atoms in total. The van der Waals surface area contributed by atoms with Crippen LogP contribution in [0.3, 0.4) is 0 Å². The molecule has 0 saturated carbocycles. The van der Waals surface area contributed by atoms with Crippen molar-refractivity contribution in [2.24, 2.45) is 0 Å². The summed E-state index contributed by atoms with van der Waals surface area (Å²) in [4.78, 5) is 0. The van der Waals surface area contributed by atoms with Gasteiger partial charge in [-0.1, -0.05) is 30.3 Å². The minimum Gasteiger partial charge on any atom is -0.392 e. The molecule has 0 radical (unpaired) electrons. The molecule has 6 heteroatoms. The third-order valence-electron chi connectivity index (χ3n) is 4.91. The number of aliphatic hydroxyl groups is 4. The van der Waals surface area contributed by atoms with Gasteiger partial charge < -0.3 is 29.9 Å². The Kier molecular flexibility index (Phi) is 6.26. The van der Waals surface area contributed by atoms with Crippen LogP contribution in [0.25, 0.3) is 0 Å². The summed E-state index contributed by atoms with van der Waals surface area (Å²) in [5.74, 6) is -1.60. The Morgan fingerprint density at radius 2 is 1.89 bits per heavy atom. The second-order valence-electron chi connectivity index (χ2n) is 6.95. The first-order valence-electron chi connectivity index (χ1n) is 9.02. The van der Waals surface area contributed by atoms with E-state index in [1.54, 1.807) is 12.1 Å². The van der Waals surface area contributed by atoms with Crippen molar-refractivity contribution in [1.29, 1.82) is 0 Å². The Labute approximate surface area is 158 Å². The average molecular weight is 374 g/mol. The van der Waals surface area contributed by atoms with Gasteiger partial charge in [-0.15, -0.1) is 0 Å². The molecule has 0 spiro atoms. The van der Waals surface area contributed by atoms with E-state index in [-0.39, 0.29) is 33.0 Å². The van der Waals surface area contributed by atoms with Crippen LogP contribution in [0, 0.1) is 0 Å². The van der Waals surface area contributed by atoms with Crippen LogP contribution in [0.15, 0.2) is 36.4 Å². The van der Waals surface area contributed by atoms with Crippen molar-refractivity contribution in [3.05, 3.63) is 69.8 Å². The zero-order valence-electron chi connectivity index (χ0n) is 15.4. The molecule has 0 aromatic heterocycles. The van der Waals surface area contributed by atoms with Crippen molar-refractivity contribution in [2.75, 3.05) is 13.2 Å². The van der Waals surface area contributed by atoms with Gasteiger partial charge in [-0.2, -0.15) is 0 Å². The molecule has 1 unspecified atom stereocenters. The number of benzene rings is 2. The van der Waals surface area contributed by atoms with E-state index in [2.05, 4.69) is 0 Å². The van der Waals surface area contributed by atoms with Crippen molar-refractivity contribution >= 4 is 0 Å². The van der Waals surface area contributed by atoms with Crippen molar-refractivity contribution in [3.8, 4) is 0 Å². The molecule has 0 fully saturated rings. The van der Waals surface area contributed by atoms with E-state index in [0.29, 0.717) is 28.7 Å². The smallest absolute Gasteiger partial charge is 0.189 e. The van der Waals surface area contributed by atoms with Crippen molar-refractivity contribution in [3.63, 3.8) is 0 Å². The molecule has 0 aliphatic carbocycles. The molecule has 27 heavy (non-hydrogen) atoms. The third-order valence-corrected chi connectivity index (χ3v) is 4.91. The summed E-state index contributed by atoms with van der Waals surface area (Å²) in [6.07, 6.45) is -0.196. The molecule has 4 bridgehead atoms. The van der Waals surface area contributed by atoms with Crippen molar-refractivity contribution in [2.45, 2.75) is 45.1 Å². The first-order chi connectivity index (χ1) is 12.9. The fraction of sp³-hybridized carbons (Fsp3) is 0.429. The normalized spacial score (nSPS) is 23.7. The van der Waals surface area contributed by atoms with Crippen LogP contribution in [0.4, 0.5) is 0 Å². The van der Waals surface area contributed by atoms with Crippen LogP contribution in [-0.4, -0.2) is 33.6 Å². The Morgan fingerprint density at radius 3 is 2.63 bits per heavy atom. The molecule has 4 N–H and O–H groups in total. The molecule has 2 atom stereocenters. The largest absolute Gasteiger partial charge is 0.392 e. The number of aliphatic hydroxyl groups excluding tert-OH is 3. The summed E-state index contributed by atoms with van der Waals surface area (Å²) < 4.78 is 11.4. The molecule has 0 saturated heterocycles. The van der Waals surface area contributed by atoms with E-state index in [1.165, 1.54) is 6.92 Å². The molecule has 2 aromatic rings. The Morgan fingerprint density at radius 1 is 1.11 bits per heavy atom. The highest BCUT2D eigenvalue weighted by molar-refractivity contribution is 5.40. The van der Waals surface area contributed by atoms with Crippen LogP contribution >= 0.6 is 0 Å². The zero-order valence-corrected chi connectivity index (χ0v) is 15.4. The zero-order chi connectivity index (χ0) is 19.4. The second kappa shape index (κ2) is 8.48. The minimum atomic E-state index is -1.60. The molecule has 2 aromatic carbocycles. The topological polar surface area (TPSA) is 99.4 Å². The highest BCUT2D eigenvalue weighted by Gasteiger charge is 2.28. The van der Waals surface area contributed by atoms with Gasteiger partial charge in [-0.05, 0) is 47.2 Å². The van der Waals surface area contributed by atoms with Crippen LogP contribution in [0.2, 0.25) is 0 Å². The Balaban J connectivity index is 1.99. The second-order valence-corrected chi connectivity index (χ2v) is 6.95. The molecule has 146 valence electrons. The lowest BCUT2D eigenvalue weighted by molar-refractivity contribution is -0.198. The molecule has 1 aliphatic rings. The lowest BCUT2D eigenvalue weighted by atomic mass is 9.94. The van der Waals surface area contributed by atoms with E-state index < -0.39 is 11.9 Å². The van der Waals surface area contributed by atoms with Gasteiger partial charge in [0.25, 0.3) is 0 Å². The maximum Gasteiger partial charge on any atom is 0.189 e. The first-order valence-corrected chi connectivity index (χ1v) is 9.02. The molecule has 1 aliphatic heterocycles. The maximum atomic E-state index is 10.9. The minimum absolute atomic E-state index is 0.109. The van der Waals surface area contributed by atoms with E-state index in [1.807, 2.05) is 24.3 Å². The monoisotopic (exact) mass is 374 g/mol. The van der Waals surface area contributed by atoms with Crippen LogP contribution in [-0.2, 0) is 41.5 Å². The lowest BCUT2D eigenvalue weighted by Gasteiger charge is -2.28. The van der Waals surface area contributed by atoms with E-state index in [0.717, 1.165) is 11.1 Å². The number of hydrogen-bond donors (Lipinski definition) is 4. The fourth-order valence-electron chi connectivity index (χ4n) is 3.36. The van der Waals surface area contributed by atoms with Crippen LogP contribution < -0.4 is 0 Å².